The lowest BCUT2D eigenvalue weighted by Crippen LogP contribution is -2.50. The molecule has 0 unspecified atom stereocenters. The largest absolute Gasteiger partial charge is 0.476 e. The van der Waals surface area contributed by atoms with Gasteiger partial charge in [-0.1, -0.05) is 38.0 Å². The summed E-state index contributed by atoms with van der Waals surface area (Å²) in [6, 6.07) is -0.382. The number of ketones is 4. The van der Waals surface area contributed by atoms with Crippen molar-refractivity contribution in [3.63, 3.8) is 0 Å². The fraction of sp³-hybridized carbons (Fsp3) is 0.696. The summed E-state index contributed by atoms with van der Waals surface area (Å²) in [4.78, 5) is 98.9. The average molecular weight is 981 g/mol. The van der Waals surface area contributed by atoms with Crippen molar-refractivity contribution in [3.8, 4) is 0 Å². The third kappa shape index (κ3) is 20.3. The van der Waals surface area contributed by atoms with Crippen LogP contribution < -0.4 is 21.7 Å². The highest BCUT2D eigenvalue weighted by Crippen LogP contribution is 2.31. The van der Waals surface area contributed by atoms with E-state index < -0.39 is 76.7 Å². The summed E-state index contributed by atoms with van der Waals surface area (Å²) in [5, 5.41) is 23.3. The van der Waals surface area contributed by atoms with Crippen molar-refractivity contribution < 1.29 is 80.9 Å². The van der Waals surface area contributed by atoms with E-state index >= 15 is 0 Å². The smallest absolute Gasteiger partial charge is 0.358 e. The number of carbonyl (C=O) groups is 8. The fourth-order valence-corrected chi connectivity index (χ4v) is 6.69. The van der Waals surface area contributed by atoms with E-state index in [-0.39, 0.29) is 79.8 Å². The number of carboxylic acid groups (broad SMARTS) is 1. The lowest BCUT2D eigenvalue weighted by atomic mass is 9.92. The second-order valence-electron chi connectivity index (χ2n) is 18.3. The van der Waals surface area contributed by atoms with Crippen LogP contribution in [0.1, 0.15) is 99.7 Å². The van der Waals surface area contributed by atoms with Crippen LogP contribution in [0.3, 0.4) is 0 Å². The highest BCUT2D eigenvalue weighted by atomic mass is 16.6. The second kappa shape index (κ2) is 28.4. The Hall–Kier alpha value is -5.30. The SMILES string of the molecule is COC[C@H](CC(=O)[C@@H](N)COC)C(=O)N[C@@H](CC(C)C)C(=O)[C@@]1(C)CO1.COC[C@H](CC(=O)[C@H](COC)NC(=O)c1cc(C)on1)C(=O)N[C@@H](CC(C)C)C(=O)[C@@]1(C)CO1.Cc1cc(C(=O)O)no1. The van der Waals surface area contributed by atoms with E-state index in [1.54, 1.807) is 27.7 Å². The Kier molecular flexibility index (Phi) is 24.6. The molecule has 0 aliphatic carbocycles. The monoisotopic (exact) mass is 980 g/mol. The predicted octanol–water partition coefficient (Wildman–Crippen LogP) is 1.59. The molecule has 4 heterocycles. The van der Waals surface area contributed by atoms with Crippen LogP contribution in [0, 0.1) is 37.5 Å². The Morgan fingerprint density at radius 1 is 0.638 bits per heavy atom. The van der Waals surface area contributed by atoms with E-state index in [2.05, 4.69) is 30.8 Å². The molecule has 2 aliphatic rings. The van der Waals surface area contributed by atoms with E-state index in [1.165, 1.54) is 40.6 Å². The van der Waals surface area contributed by atoms with Crippen molar-refractivity contribution in [3.05, 3.63) is 35.0 Å². The van der Waals surface area contributed by atoms with E-state index in [0.717, 1.165) is 0 Å². The van der Waals surface area contributed by atoms with E-state index in [9.17, 15) is 38.4 Å². The number of ether oxygens (including phenoxy) is 6. The number of aryl methyl sites for hydroxylation is 2. The predicted molar refractivity (Wildman–Crippen MR) is 244 cm³/mol. The summed E-state index contributed by atoms with van der Waals surface area (Å²) in [7, 11) is 5.72. The molecule has 2 aliphatic heterocycles. The van der Waals surface area contributed by atoms with Crippen LogP contribution in [0.5, 0.6) is 0 Å². The number of Topliss-reactive ketones (excluding diaryl/α,β-unsaturated/α-hetero) is 4. The molecule has 6 N–H and O–H groups in total. The van der Waals surface area contributed by atoms with E-state index in [4.69, 9.17) is 43.8 Å². The Bertz CT molecular complexity index is 2020. The number of hydrogen-bond acceptors (Lipinski definition) is 19. The first-order valence-corrected chi connectivity index (χ1v) is 22.5. The minimum absolute atomic E-state index is 0.0309. The molecule has 2 aromatic rings. The third-order valence-electron chi connectivity index (χ3n) is 10.7. The Morgan fingerprint density at radius 3 is 1.35 bits per heavy atom. The third-order valence-corrected chi connectivity index (χ3v) is 10.7. The molecular formula is C46H72N6O17. The molecule has 0 saturated carbocycles. The van der Waals surface area contributed by atoms with E-state index in [0.29, 0.717) is 37.6 Å². The number of aromatic carboxylic acids is 1. The van der Waals surface area contributed by atoms with Gasteiger partial charge in [0.05, 0.1) is 69.6 Å². The molecule has 2 fully saturated rings. The number of nitrogens with zero attached hydrogens (tertiary/aromatic N) is 2. The van der Waals surface area contributed by atoms with Gasteiger partial charge in [0.15, 0.2) is 34.5 Å². The minimum Gasteiger partial charge on any atom is -0.476 e. The molecule has 23 nitrogen and oxygen atoms in total. The molecule has 23 heteroatoms. The number of carboxylic acids is 1. The highest BCUT2D eigenvalue weighted by Gasteiger charge is 2.51. The van der Waals surface area contributed by atoms with Crippen molar-refractivity contribution in [1.29, 1.82) is 0 Å². The van der Waals surface area contributed by atoms with Crippen LogP contribution in [0.15, 0.2) is 21.2 Å². The van der Waals surface area contributed by atoms with Crippen LogP contribution in [-0.2, 0) is 57.2 Å². The van der Waals surface area contributed by atoms with Gasteiger partial charge < -0.3 is 64.3 Å². The molecule has 8 atom stereocenters. The molecule has 2 aromatic heterocycles. The molecule has 0 bridgehead atoms. The summed E-state index contributed by atoms with van der Waals surface area (Å²) >= 11 is 0. The van der Waals surface area contributed by atoms with Gasteiger partial charge in [-0.15, -0.1) is 0 Å². The summed E-state index contributed by atoms with van der Waals surface area (Å²) in [6.07, 6.45) is 0.653. The number of nitrogens with one attached hydrogen (secondary N) is 3. The van der Waals surface area contributed by atoms with Crippen LogP contribution in [0.4, 0.5) is 0 Å². The van der Waals surface area contributed by atoms with Crippen molar-refractivity contribution in [1.82, 2.24) is 26.3 Å². The molecule has 388 valence electrons. The van der Waals surface area contributed by atoms with Gasteiger partial charge in [-0.25, -0.2) is 4.79 Å². The normalized spacial score (nSPS) is 19.5. The molecule has 69 heavy (non-hydrogen) atoms. The zero-order valence-corrected chi connectivity index (χ0v) is 41.8. The van der Waals surface area contributed by atoms with Gasteiger partial charge in [0.1, 0.15) is 28.8 Å². The zero-order chi connectivity index (χ0) is 52.2. The van der Waals surface area contributed by atoms with Gasteiger partial charge in [-0.2, -0.15) is 0 Å². The summed E-state index contributed by atoms with van der Waals surface area (Å²) in [5.74, 6) is -3.82. The first-order chi connectivity index (χ1) is 32.3. The number of carbonyl (C=O) groups excluding carboxylic acids is 7. The van der Waals surface area contributed by atoms with Crippen LogP contribution in [-0.4, -0.2) is 166 Å². The van der Waals surface area contributed by atoms with Crippen molar-refractivity contribution in [2.75, 3.05) is 68.1 Å². The van der Waals surface area contributed by atoms with Crippen molar-refractivity contribution in [2.24, 2.45) is 29.4 Å². The quantitative estimate of drug-likeness (QED) is 0.0723. The van der Waals surface area contributed by atoms with E-state index in [1.807, 2.05) is 27.7 Å². The lowest BCUT2D eigenvalue weighted by molar-refractivity contribution is -0.135. The number of epoxide rings is 2. The molecule has 3 amide bonds. The maximum atomic E-state index is 13.1. The van der Waals surface area contributed by atoms with Gasteiger partial charge in [0, 0.05) is 53.4 Å². The number of rotatable bonds is 29. The summed E-state index contributed by atoms with van der Waals surface area (Å²) < 4.78 is 40.1. The van der Waals surface area contributed by atoms with Crippen LogP contribution >= 0.6 is 0 Å². The zero-order valence-electron chi connectivity index (χ0n) is 41.8. The number of amides is 3. The Balaban J connectivity index is 0.000000409. The molecule has 4 rings (SSSR count). The summed E-state index contributed by atoms with van der Waals surface area (Å²) in [5.41, 5.74) is 4.02. The van der Waals surface area contributed by atoms with Crippen LogP contribution in [0.2, 0.25) is 0 Å². The number of hydrogen-bond donors (Lipinski definition) is 5. The van der Waals surface area contributed by atoms with Crippen molar-refractivity contribution >= 4 is 46.8 Å². The standard InChI is InChI=1S/C23H35N3O8.C18H32N2O6.C5H5NO3/c1-13(2)7-16(20(28)23(4)12-33-23)24-21(29)15(10-31-5)9-19(27)18(11-32-6)25-22(30)17-8-14(3)34-26-17;1-11(2)6-14(16(22)18(3)10-26-18)20-17(23)12(8-24-4)7-15(21)13(19)9-25-5;1-3-2-4(5(7)8)6-9-3/h8,13,15-16,18H,7,9-12H2,1-6H3,(H,24,29)(H,25,30);11-14H,6-10,19H2,1-5H3,(H,20,23);2H,1H3,(H,7,8)/t15-,16-,18-,23+;12-,13-,14-,18+;/m00./s1. The average Bonchev–Trinajstić information content (AvgIpc) is 4.11. The van der Waals surface area contributed by atoms with Gasteiger partial charge in [0.2, 0.25) is 11.8 Å². The first kappa shape index (κ1) is 59.8. The molecule has 0 spiro atoms. The first-order valence-electron chi connectivity index (χ1n) is 22.5. The van der Waals surface area contributed by atoms with Gasteiger partial charge in [-0.05, 0) is 52.4 Å². The minimum atomic E-state index is -1.06. The molecule has 0 radical (unpaired) electrons. The molecule has 0 aromatic carbocycles. The molecule has 2 saturated heterocycles. The van der Waals surface area contributed by atoms with Gasteiger partial charge in [0.25, 0.3) is 5.91 Å². The topological polar surface area (TPSA) is 333 Å². The second-order valence-corrected chi connectivity index (χ2v) is 18.3. The number of nitrogens with two attached hydrogens (primary N) is 1. The highest BCUT2D eigenvalue weighted by molar-refractivity contribution is 6.00. The fourth-order valence-electron chi connectivity index (χ4n) is 6.69. The Labute approximate surface area is 402 Å². The lowest BCUT2D eigenvalue weighted by Gasteiger charge is -2.25. The van der Waals surface area contributed by atoms with Gasteiger partial charge in [-0.3, -0.25) is 33.6 Å². The van der Waals surface area contributed by atoms with Crippen molar-refractivity contribution in [2.45, 2.75) is 116 Å². The van der Waals surface area contributed by atoms with Crippen LogP contribution in [0.25, 0.3) is 0 Å². The van der Waals surface area contributed by atoms with Gasteiger partial charge >= 0.3 is 5.97 Å². The number of methoxy groups -OCH3 is 4. The Morgan fingerprint density at radius 2 is 1.03 bits per heavy atom. The summed E-state index contributed by atoms with van der Waals surface area (Å²) in [6.45, 7) is 15.2. The molecular weight excluding hydrogens is 909 g/mol. The maximum absolute atomic E-state index is 13.1. The maximum Gasteiger partial charge on any atom is 0.358 e. The number of aromatic nitrogens is 2.